The summed E-state index contributed by atoms with van der Waals surface area (Å²) in [6, 6.07) is 5.25. The van der Waals surface area contributed by atoms with E-state index >= 15 is 0 Å². The molecular weight excluding hydrogens is 389 g/mol. The van der Waals surface area contributed by atoms with Crippen LogP contribution in [0.15, 0.2) is 18.2 Å². The summed E-state index contributed by atoms with van der Waals surface area (Å²) in [4.78, 5) is 26.9. The molecule has 1 aromatic rings. The predicted octanol–water partition coefficient (Wildman–Crippen LogP) is 2.63. The van der Waals surface area contributed by atoms with Crippen molar-refractivity contribution in [2.24, 2.45) is 0 Å². The van der Waals surface area contributed by atoms with Gasteiger partial charge in [0.1, 0.15) is 0 Å². The highest BCUT2D eigenvalue weighted by atomic mass is 35.5. The lowest BCUT2D eigenvalue weighted by molar-refractivity contribution is -0.123. The van der Waals surface area contributed by atoms with Crippen molar-refractivity contribution in [3.63, 3.8) is 0 Å². The highest BCUT2D eigenvalue weighted by molar-refractivity contribution is 6.33. The fourth-order valence-electron chi connectivity index (χ4n) is 2.59. The number of benzene rings is 1. The van der Waals surface area contributed by atoms with Gasteiger partial charge in [-0.05, 0) is 31.2 Å². The summed E-state index contributed by atoms with van der Waals surface area (Å²) in [7, 11) is 1.50. The largest absolute Gasteiger partial charge is 0.439 e. The first-order chi connectivity index (χ1) is 13.0. The Balaban J connectivity index is 1.65. The quantitative estimate of drug-likeness (QED) is 0.597. The molecule has 27 heavy (non-hydrogen) atoms. The Morgan fingerprint density at radius 1 is 1.22 bits per heavy atom. The molecule has 6 nitrogen and oxygen atoms in total. The average molecular weight is 412 g/mol. The molecule has 0 aromatic heterocycles. The van der Waals surface area contributed by atoms with Crippen molar-refractivity contribution in [1.82, 2.24) is 15.1 Å². The van der Waals surface area contributed by atoms with E-state index in [0.29, 0.717) is 23.1 Å². The first-order valence-corrected chi connectivity index (χ1v) is 9.53. The summed E-state index contributed by atoms with van der Waals surface area (Å²) in [5.74, 6) is 5.86. The van der Waals surface area contributed by atoms with Gasteiger partial charge in [0, 0.05) is 50.2 Å². The summed E-state index contributed by atoms with van der Waals surface area (Å²) >= 11 is 12.0. The molecule has 0 atom stereocenters. The summed E-state index contributed by atoms with van der Waals surface area (Å²) in [6.07, 6.45) is 1.26. The molecule has 146 valence electrons. The van der Waals surface area contributed by atoms with E-state index in [1.807, 2.05) is 0 Å². The van der Waals surface area contributed by atoms with E-state index in [4.69, 9.17) is 27.9 Å². The number of amides is 2. The van der Waals surface area contributed by atoms with Crippen LogP contribution in [0.2, 0.25) is 10.0 Å². The average Bonchev–Trinajstić information content (AvgIpc) is 2.68. The number of likely N-dealkylation sites (N-methyl/N-ethyl adjacent to an activating group) is 1. The molecule has 1 fully saturated rings. The number of rotatable bonds is 5. The zero-order valence-corrected chi connectivity index (χ0v) is 16.8. The Kier molecular flexibility index (Phi) is 8.73. The Bertz CT molecular complexity index is 723. The molecular formula is C19H23Cl2N3O3. The second-order valence-corrected chi connectivity index (χ2v) is 6.93. The van der Waals surface area contributed by atoms with E-state index < -0.39 is 6.09 Å². The second-order valence-electron chi connectivity index (χ2n) is 6.09. The normalized spacial score (nSPS) is 14.3. The number of hydrogen-bond donors (Lipinski definition) is 1. The third-order valence-corrected chi connectivity index (χ3v) is 4.73. The summed E-state index contributed by atoms with van der Waals surface area (Å²) in [6.45, 7) is 3.42. The number of halogens is 2. The van der Waals surface area contributed by atoms with Crippen LogP contribution in [0, 0.1) is 11.8 Å². The van der Waals surface area contributed by atoms with Crippen molar-refractivity contribution >= 4 is 35.2 Å². The van der Waals surface area contributed by atoms with Gasteiger partial charge in [-0.1, -0.05) is 35.0 Å². The van der Waals surface area contributed by atoms with Crippen molar-refractivity contribution in [3.05, 3.63) is 33.8 Å². The van der Waals surface area contributed by atoms with Gasteiger partial charge >= 0.3 is 6.09 Å². The molecule has 1 N–H and O–H groups in total. The molecule has 2 amide bonds. The molecule has 0 aliphatic carbocycles. The van der Waals surface area contributed by atoms with E-state index in [2.05, 4.69) is 22.1 Å². The van der Waals surface area contributed by atoms with Gasteiger partial charge < -0.3 is 15.0 Å². The van der Waals surface area contributed by atoms with Gasteiger partial charge in [-0.3, -0.25) is 9.69 Å². The van der Waals surface area contributed by atoms with Gasteiger partial charge in [0.05, 0.1) is 5.02 Å². The van der Waals surface area contributed by atoms with Gasteiger partial charge in [-0.15, -0.1) is 0 Å². The third-order valence-electron chi connectivity index (χ3n) is 4.16. The molecule has 1 aliphatic heterocycles. The monoisotopic (exact) mass is 411 g/mol. The molecule has 0 spiro atoms. The van der Waals surface area contributed by atoms with E-state index in [1.165, 1.54) is 7.05 Å². The van der Waals surface area contributed by atoms with Crippen LogP contribution in [0.25, 0.3) is 0 Å². The Morgan fingerprint density at radius 2 is 1.96 bits per heavy atom. The third kappa shape index (κ3) is 7.30. The highest BCUT2D eigenvalue weighted by Gasteiger charge is 2.22. The highest BCUT2D eigenvalue weighted by Crippen LogP contribution is 2.19. The predicted molar refractivity (Wildman–Crippen MR) is 106 cm³/mol. The molecule has 1 saturated heterocycles. The van der Waals surface area contributed by atoms with E-state index in [1.54, 1.807) is 23.1 Å². The maximum absolute atomic E-state index is 11.9. The minimum atomic E-state index is -0.442. The van der Waals surface area contributed by atoms with Gasteiger partial charge in [0.2, 0.25) is 0 Å². The Hall–Kier alpha value is -1.94. The number of piperazine rings is 1. The van der Waals surface area contributed by atoms with Gasteiger partial charge in [-0.25, -0.2) is 4.79 Å². The first kappa shape index (κ1) is 21.4. The van der Waals surface area contributed by atoms with Crippen LogP contribution in [-0.4, -0.2) is 68.2 Å². The molecule has 1 heterocycles. The molecule has 0 bridgehead atoms. The second kappa shape index (κ2) is 11.0. The number of nitrogens with one attached hydrogen (secondary N) is 1. The minimum absolute atomic E-state index is 0.245. The molecule has 0 radical (unpaired) electrons. The van der Waals surface area contributed by atoms with Crippen LogP contribution in [0.1, 0.15) is 18.4 Å². The van der Waals surface area contributed by atoms with Crippen molar-refractivity contribution in [3.8, 4) is 11.8 Å². The van der Waals surface area contributed by atoms with Gasteiger partial charge in [-0.2, -0.15) is 0 Å². The van der Waals surface area contributed by atoms with E-state index in [9.17, 15) is 9.59 Å². The zero-order chi connectivity index (χ0) is 19.6. The zero-order valence-electron chi connectivity index (χ0n) is 15.3. The van der Waals surface area contributed by atoms with Gasteiger partial charge in [0.25, 0.3) is 5.91 Å². The van der Waals surface area contributed by atoms with E-state index in [-0.39, 0.29) is 12.5 Å². The number of carbonyl (C=O) groups excluding carboxylic acids is 2. The number of unbranched alkanes of at least 4 members (excludes halogenated alkanes) is 1. The smallest absolute Gasteiger partial charge is 0.410 e. The number of hydrogen-bond acceptors (Lipinski definition) is 4. The van der Waals surface area contributed by atoms with Crippen LogP contribution in [0.4, 0.5) is 4.79 Å². The molecule has 0 unspecified atom stereocenters. The fraction of sp³-hybridized carbons (Fsp3) is 0.474. The molecule has 2 rings (SSSR count). The number of ether oxygens (including phenoxy) is 1. The van der Waals surface area contributed by atoms with Crippen LogP contribution in [0.5, 0.6) is 0 Å². The van der Waals surface area contributed by atoms with Gasteiger partial charge in [0.15, 0.2) is 6.61 Å². The van der Waals surface area contributed by atoms with Crippen LogP contribution in [0.3, 0.4) is 0 Å². The Labute approximate surface area is 169 Å². The van der Waals surface area contributed by atoms with Crippen LogP contribution < -0.4 is 5.32 Å². The lowest BCUT2D eigenvalue weighted by atomic mass is 10.2. The minimum Gasteiger partial charge on any atom is -0.439 e. The number of nitrogens with zero attached hydrogens (tertiary/aromatic N) is 2. The summed E-state index contributed by atoms with van der Waals surface area (Å²) in [5, 5.41) is 3.64. The maximum atomic E-state index is 11.9. The maximum Gasteiger partial charge on any atom is 0.410 e. The molecule has 1 aromatic carbocycles. The van der Waals surface area contributed by atoms with E-state index in [0.717, 1.165) is 38.0 Å². The van der Waals surface area contributed by atoms with Crippen molar-refractivity contribution in [1.29, 1.82) is 0 Å². The fourth-order valence-corrected chi connectivity index (χ4v) is 2.92. The molecule has 1 aliphatic rings. The van der Waals surface area contributed by atoms with Crippen molar-refractivity contribution in [2.75, 3.05) is 46.4 Å². The van der Waals surface area contributed by atoms with Crippen molar-refractivity contribution < 1.29 is 14.3 Å². The molecule has 8 heteroatoms. The molecule has 0 saturated carbocycles. The van der Waals surface area contributed by atoms with Crippen molar-refractivity contribution in [2.45, 2.75) is 12.8 Å². The first-order valence-electron chi connectivity index (χ1n) is 8.78. The standard InChI is InChI=1S/C19H23Cl2N3O3/c1-22-18(25)14-27-19(26)24-11-9-23(10-12-24)8-4-2-3-5-15-13-16(20)6-7-17(15)21/h6-7,13H,2,4,8-12,14H2,1H3,(H,22,25). The van der Waals surface area contributed by atoms with Crippen LogP contribution >= 0.6 is 23.2 Å². The lowest BCUT2D eigenvalue weighted by Crippen LogP contribution is -2.49. The topological polar surface area (TPSA) is 61.9 Å². The lowest BCUT2D eigenvalue weighted by Gasteiger charge is -2.33. The SMILES string of the molecule is CNC(=O)COC(=O)N1CCN(CCCC#Cc2cc(Cl)ccc2Cl)CC1. The number of carbonyl (C=O) groups is 2. The summed E-state index contributed by atoms with van der Waals surface area (Å²) in [5.41, 5.74) is 0.744. The summed E-state index contributed by atoms with van der Waals surface area (Å²) < 4.78 is 4.96. The van der Waals surface area contributed by atoms with Crippen LogP contribution in [-0.2, 0) is 9.53 Å². The Morgan fingerprint density at radius 3 is 2.67 bits per heavy atom.